The lowest BCUT2D eigenvalue weighted by Gasteiger charge is -2.28. The standard InChI is InChI=1S/C26H35F3N4O3/c1-25(2,3)16-23(34)33(13-14-36-6)17-18-15-21(11-12-22(18)32(4)5)31-24(35)30-20-9-7-19(8-10-20)26(27,28)29/h7-12,15H,13-14,16-17H2,1-6H3,(H2,30,31,35). The number of amides is 3. The van der Waals surface area contributed by atoms with E-state index in [1.807, 2.05) is 45.8 Å². The average Bonchev–Trinajstić information content (AvgIpc) is 2.75. The zero-order valence-electron chi connectivity index (χ0n) is 21.6. The number of carbonyl (C=O) groups excluding carboxylic acids is 2. The minimum absolute atomic E-state index is 0.00247. The second-order valence-corrected chi connectivity index (χ2v) is 9.94. The van der Waals surface area contributed by atoms with Gasteiger partial charge in [-0.15, -0.1) is 0 Å². The van der Waals surface area contributed by atoms with Crippen LogP contribution < -0.4 is 15.5 Å². The third-order valence-corrected chi connectivity index (χ3v) is 5.25. The van der Waals surface area contributed by atoms with Crippen molar-refractivity contribution in [1.29, 1.82) is 0 Å². The maximum absolute atomic E-state index is 13.0. The summed E-state index contributed by atoms with van der Waals surface area (Å²) in [7, 11) is 5.36. The molecule has 0 atom stereocenters. The van der Waals surface area contributed by atoms with E-state index in [9.17, 15) is 22.8 Å². The van der Waals surface area contributed by atoms with Gasteiger partial charge in [-0.25, -0.2) is 4.79 Å². The molecule has 0 radical (unpaired) electrons. The number of hydrogen-bond donors (Lipinski definition) is 2. The maximum atomic E-state index is 13.0. The van der Waals surface area contributed by atoms with Crippen LogP contribution in [0.3, 0.4) is 0 Å². The summed E-state index contributed by atoms with van der Waals surface area (Å²) < 4.78 is 43.5. The molecule has 0 aliphatic rings. The van der Waals surface area contributed by atoms with Crippen LogP contribution in [-0.2, 0) is 22.3 Å². The highest BCUT2D eigenvalue weighted by Gasteiger charge is 2.30. The molecule has 0 aliphatic carbocycles. The molecular weight excluding hydrogens is 473 g/mol. The molecular formula is C26H35F3N4O3. The number of carbonyl (C=O) groups is 2. The van der Waals surface area contributed by atoms with Crippen molar-refractivity contribution in [3.63, 3.8) is 0 Å². The molecule has 2 aromatic rings. The first-order valence-corrected chi connectivity index (χ1v) is 11.5. The van der Waals surface area contributed by atoms with E-state index in [0.717, 1.165) is 23.4 Å². The van der Waals surface area contributed by atoms with Crippen molar-refractivity contribution in [2.75, 3.05) is 49.9 Å². The highest BCUT2D eigenvalue weighted by atomic mass is 19.4. The van der Waals surface area contributed by atoms with Crippen LogP contribution in [0.5, 0.6) is 0 Å². The Hall–Kier alpha value is -3.27. The van der Waals surface area contributed by atoms with E-state index in [1.54, 1.807) is 24.1 Å². The van der Waals surface area contributed by atoms with Gasteiger partial charge in [0.05, 0.1) is 12.2 Å². The van der Waals surface area contributed by atoms with Gasteiger partial charge in [-0.3, -0.25) is 4.79 Å². The Kier molecular flexibility index (Phi) is 9.75. The number of hydrogen-bond acceptors (Lipinski definition) is 4. The van der Waals surface area contributed by atoms with Crippen molar-refractivity contribution < 1.29 is 27.5 Å². The van der Waals surface area contributed by atoms with E-state index in [1.165, 1.54) is 12.1 Å². The summed E-state index contributed by atoms with van der Waals surface area (Å²) in [6, 6.07) is 8.94. The number of anilines is 3. The summed E-state index contributed by atoms with van der Waals surface area (Å²) in [4.78, 5) is 29.2. The number of urea groups is 1. The molecule has 2 aromatic carbocycles. The van der Waals surface area contributed by atoms with Crippen molar-refractivity contribution in [3.05, 3.63) is 53.6 Å². The molecule has 0 aliphatic heterocycles. The van der Waals surface area contributed by atoms with Crippen LogP contribution in [0.1, 0.15) is 38.3 Å². The Morgan fingerprint density at radius 1 is 0.944 bits per heavy atom. The fourth-order valence-electron chi connectivity index (χ4n) is 3.53. The summed E-state index contributed by atoms with van der Waals surface area (Å²) in [5.74, 6) is 0.00247. The van der Waals surface area contributed by atoms with Crippen molar-refractivity contribution in [2.24, 2.45) is 5.41 Å². The van der Waals surface area contributed by atoms with Crippen molar-refractivity contribution in [2.45, 2.75) is 39.9 Å². The molecule has 0 saturated heterocycles. The smallest absolute Gasteiger partial charge is 0.383 e. The van der Waals surface area contributed by atoms with Gasteiger partial charge in [-0.1, -0.05) is 20.8 Å². The minimum Gasteiger partial charge on any atom is -0.383 e. The van der Waals surface area contributed by atoms with Gasteiger partial charge in [0.15, 0.2) is 0 Å². The molecule has 3 amide bonds. The highest BCUT2D eigenvalue weighted by molar-refractivity contribution is 6.00. The molecule has 0 saturated carbocycles. The Bertz CT molecular complexity index is 1030. The van der Waals surface area contributed by atoms with Gasteiger partial charge in [-0.2, -0.15) is 13.2 Å². The van der Waals surface area contributed by atoms with Crippen LogP contribution in [0.15, 0.2) is 42.5 Å². The molecule has 0 bridgehead atoms. The topological polar surface area (TPSA) is 73.9 Å². The fraction of sp³-hybridized carbons (Fsp3) is 0.462. The second kappa shape index (κ2) is 12.1. The van der Waals surface area contributed by atoms with Crippen molar-refractivity contribution in [3.8, 4) is 0 Å². The van der Waals surface area contributed by atoms with Crippen molar-refractivity contribution >= 4 is 29.0 Å². The van der Waals surface area contributed by atoms with Gasteiger partial charge in [0, 0.05) is 57.8 Å². The van der Waals surface area contributed by atoms with E-state index < -0.39 is 17.8 Å². The van der Waals surface area contributed by atoms with E-state index >= 15 is 0 Å². The summed E-state index contributed by atoms with van der Waals surface area (Å²) in [5, 5.41) is 5.24. The van der Waals surface area contributed by atoms with Crippen LogP contribution >= 0.6 is 0 Å². The number of benzene rings is 2. The summed E-state index contributed by atoms with van der Waals surface area (Å²) >= 11 is 0. The van der Waals surface area contributed by atoms with Crippen LogP contribution in [0.25, 0.3) is 0 Å². The lowest BCUT2D eigenvalue weighted by Crippen LogP contribution is -2.36. The van der Waals surface area contributed by atoms with E-state index in [2.05, 4.69) is 10.6 Å². The number of methoxy groups -OCH3 is 1. The fourth-order valence-corrected chi connectivity index (χ4v) is 3.53. The third-order valence-electron chi connectivity index (χ3n) is 5.25. The third kappa shape index (κ3) is 9.07. The predicted molar refractivity (Wildman–Crippen MR) is 136 cm³/mol. The second-order valence-electron chi connectivity index (χ2n) is 9.94. The quantitative estimate of drug-likeness (QED) is 0.447. The maximum Gasteiger partial charge on any atom is 0.416 e. The zero-order chi connectivity index (χ0) is 27.1. The Balaban J connectivity index is 2.20. The Morgan fingerprint density at radius 2 is 1.53 bits per heavy atom. The van der Waals surface area contributed by atoms with Crippen LogP contribution in [0.4, 0.5) is 35.0 Å². The van der Waals surface area contributed by atoms with Gasteiger partial charge >= 0.3 is 12.2 Å². The zero-order valence-corrected chi connectivity index (χ0v) is 21.6. The predicted octanol–water partition coefficient (Wildman–Crippen LogP) is 5.83. The number of halogens is 3. The van der Waals surface area contributed by atoms with Crippen LogP contribution in [0.2, 0.25) is 0 Å². The normalized spacial score (nSPS) is 11.7. The Labute approximate surface area is 210 Å². The van der Waals surface area contributed by atoms with Crippen LogP contribution in [-0.4, -0.2) is 51.2 Å². The molecule has 0 fully saturated rings. The number of nitrogens with zero attached hydrogens (tertiary/aromatic N) is 2. The van der Waals surface area contributed by atoms with Crippen LogP contribution in [0, 0.1) is 5.41 Å². The first-order valence-electron chi connectivity index (χ1n) is 11.5. The molecule has 0 heterocycles. The summed E-state index contributed by atoms with van der Waals surface area (Å²) in [6.07, 6.45) is -4.07. The molecule has 36 heavy (non-hydrogen) atoms. The molecule has 198 valence electrons. The van der Waals surface area contributed by atoms with Gasteiger partial charge in [-0.05, 0) is 53.4 Å². The summed E-state index contributed by atoms with van der Waals surface area (Å²) in [6.45, 7) is 7.15. The van der Waals surface area contributed by atoms with E-state index in [-0.39, 0.29) is 17.0 Å². The van der Waals surface area contributed by atoms with Crippen molar-refractivity contribution in [1.82, 2.24) is 4.90 Å². The number of nitrogens with one attached hydrogen (secondary N) is 2. The van der Waals surface area contributed by atoms with Gasteiger partial charge in [0.2, 0.25) is 5.91 Å². The monoisotopic (exact) mass is 508 g/mol. The average molecular weight is 509 g/mol. The van der Waals surface area contributed by atoms with Gasteiger partial charge in [0.1, 0.15) is 0 Å². The van der Waals surface area contributed by atoms with E-state index in [0.29, 0.717) is 31.8 Å². The minimum atomic E-state index is -4.45. The first kappa shape index (κ1) is 29.0. The lowest BCUT2D eigenvalue weighted by molar-refractivity contribution is -0.137. The number of rotatable bonds is 9. The largest absolute Gasteiger partial charge is 0.416 e. The number of ether oxygens (including phenoxy) is 1. The molecule has 0 aromatic heterocycles. The van der Waals surface area contributed by atoms with Gasteiger partial charge < -0.3 is 25.2 Å². The van der Waals surface area contributed by atoms with Gasteiger partial charge in [0.25, 0.3) is 0 Å². The number of alkyl halides is 3. The van der Waals surface area contributed by atoms with E-state index in [4.69, 9.17) is 4.74 Å². The molecule has 0 unspecified atom stereocenters. The lowest BCUT2D eigenvalue weighted by atomic mass is 9.91. The molecule has 2 rings (SSSR count). The first-order chi connectivity index (χ1) is 16.7. The Morgan fingerprint density at radius 3 is 2.06 bits per heavy atom. The molecule has 0 spiro atoms. The SMILES string of the molecule is COCCN(Cc1cc(NC(=O)Nc2ccc(C(F)(F)F)cc2)ccc1N(C)C)C(=O)CC(C)(C)C. The molecule has 2 N–H and O–H groups in total. The summed E-state index contributed by atoms with van der Waals surface area (Å²) in [5.41, 5.74) is 1.45. The molecule has 10 heteroatoms. The highest BCUT2D eigenvalue weighted by Crippen LogP contribution is 2.30. The molecule has 7 nitrogen and oxygen atoms in total.